The number of amides is 1. The maximum absolute atomic E-state index is 11.8. The molecule has 0 atom stereocenters. The average molecular weight is 389 g/mol. The van der Waals surface area contributed by atoms with Gasteiger partial charge in [0, 0.05) is 12.6 Å². The molecule has 9 nitrogen and oxygen atoms in total. The van der Waals surface area contributed by atoms with Crippen LogP contribution < -0.4 is 15.4 Å². The second-order valence-electron chi connectivity index (χ2n) is 5.64. The number of aliphatic imine (C=N–C) groups is 2. The normalized spacial score (nSPS) is 20.2. The van der Waals surface area contributed by atoms with E-state index in [1.165, 1.54) is 7.11 Å². The minimum atomic E-state index is -0.587. The van der Waals surface area contributed by atoms with Gasteiger partial charge in [0.25, 0.3) is 5.91 Å². The molecule has 2 aliphatic rings. The number of nitrogens with one attached hydrogen (secondary N) is 2. The Morgan fingerprint density at radius 3 is 2.78 bits per heavy atom. The summed E-state index contributed by atoms with van der Waals surface area (Å²) in [4.78, 5) is 34.1. The van der Waals surface area contributed by atoms with Gasteiger partial charge in [0.05, 0.1) is 32.5 Å². The van der Waals surface area contributed by atoms with E-state index in [9.17, 15) is 9.59 Å². The Balaban J connectivity index is 1.57. The van der Waals surface area contributed by atoms with Gasteiger partial charge >= 0.3 is 5.97 Å². The number of rotatable bonds is 4. The molecule has 3 rings (SSSR count). The van der Waals surface area contributed by atoms with Crippen molar-refractivity contribution in [2.45, 2.75) is 6.54 Å². The van der Waals surface area contributed by atoms with Crippen molar-refractivity contribution in [1.82, 2.24) is 15.5 Å². The lowest BCUT2D eigenvalue weighted by molar-refractivity contribution is -0.135. The third-order valence-electron chi connectivity index (χ3n) is 3.75. The summed E-state index contributed by atoms with van der Waals surface area (Å²) in [7, 11) is 2.89. The Labute approximate surface area is 160 Å². The largest absolute Gasteiger partial charge is 0.497 e. The highest BCUT2D eigenvalue weighted by Gasteiger charge is 2.25. The first-order valence-electron chi connectivity index (χ1n) is 8.08. The fraction of sp³-hybridized carbons (Fsp3) is 0.294. The van der Waals surface area contributed by atoms with Crippen LogP contribution in [0.4, 0.5) is 0 Å². The predicted octanol–water partition coefficient (Wildman–Crippen LogP) is 0.647. The lowest BCUT2D eigenvalue weighted by Gasteiger charge is -2.25. The Kier molecular flexibility index (Phi) is 6.09. The second-order valence-corrected chi connectivity index (χ2v) is 6.67. The summed E-state index contributed by atoms with van der Waals surface area (Å²) in [6.45, 7) is 1.79. The van der Waals surface area contributed by atoms with E-state index in [2.05, 4.69) is 30.3 Å². The third-order valence-corrected chi connectivity index (χ3v) is 4.66. The van der Waals surface area contributed by atoms with Gasteiger partial charge in [-0.3, -0.25) is 9.69 Å². The molecule has 1 aromatic carbocycles. The number of carbonyl (C=O) groups excluding carboxylic acids is 2. The first kappa shape index (κ1) is 18.9. The quantitative estimate of drug-likeness (QED) is 0.575. The molecule has 2 N–H and O–H groups in total. The van der Waals surface area contributed by atoms with Gasteiger partial charge in [-0.05, 0) is 29.5 Å². The molecule has 1 aromatic rings. The SMILES string of the molecule is COC(=O)/C=C1\S/C(=N/C2=NCN(Cc3ccc(OC)cc3)CN2)NC1=O. The zero-order valence-electron chi connectivity index (χ0n) is 14.9. The Hall–Kier alpha value is -2.85. The van der Waals surface area contributed by atoms with Gasteiger partial charge in [-0.25, -0.2) is 9.79 Å². The summed E-state index contributed by atoms with van der Waals surface area (Å²) < 4.78 is 9.68. The molecule has 0 bridgehead atoms. The zero-order valence-corrected chi connectivity index (χ0v) is 15.7. The number of nitrogens with zero attached hydrogens (tertiary/aromatic N) is 3. The highest BCUT2D eigenvalue weighted by molar-refractivity contribution is 8.18. The molecular formula is C17H19N5O4S. The van der Waals surface area contributed by atoms with Gasteiger partial charge in [0.1, 0.15) is 5.75 Å². The van der Waals surface area contributed by atoms with Crippen LogP contribution in [-0.2, 0) is 20.9 Å². The van der Waals surface area contributed by atoms with Crippen LogP contribution in [-0.4, -0.2) is 55.5 Å². The first-order valence-corrected chi connectivity index (χ1v) is 8.90. The number of hydrogen-bond acceptors (Lipinski definition) is 9. The molecule has 2 aliphatic heterocycles. The summed E-state index contributed by atoms with van der Waals surface area (Å²) in [5, 5.41) is 6.07. The highest BCUT2D eigenvalue weighted by atomic mass is 32.2. The third kappa shape index (κ3) is 5.08. The van der Waals surface area contributed by atoms with Crippen LogP contribution in [0.15, 0.2) is 45.2 Å². The van der Waals surface area contributed by atoms with Crippen molar-refractivity contribution in [3.63, 3.8) is 0 Å². The number of hydrogen-bond donors (Lipinski definition) is 2. The van der Waals surface area contributed by atoms with Crippen LogP contribution in [0.1, 0.15) is 5.56 Å². The monoisotopic (exact) mass is 389 g/mol. The standard InChI is InChI=1S/C17H19N5O4S/c1-25-12-5-3-11(4-6-12)8-22-9-18-16(19-10-22)21-17-20-15(24)13(27-17)7-14(23)26-2/h3-7H,8-10H2,1-2H3,(H2,18,19,20,21,24)/b13-7-. The maximum atomic E-state index is 11.8. The fourth-order valence-corrected chi connectivity index (χ4v) is 3.15. The molecule has 0 aliphatic carbocycles. The van der Waals surface area contributed by atoms with E-state index in [-0.39, 0.29) is 10.8 Å². The number of carbonyl (C=O) groups is 2. The van der Waals surface area contributed by atoms with Gasteiger partial charge in [-0.2, -0.15) is 4.99 Å². The Morgan fingerprint density at radius 1 is 1.37 bits per heavy atom. The van der Waals surface area contributed by atoms with Crippen molar-refractivity contribution in [2.24, 2.45) is 9.98 Å². The first-order chi connectivity index (χ1) is 13.1. The number of benzene rings is 1. The van der Waals surface area contributed by atoms with Crippen LogP contribution in [0.5, 0.6) is 5.75 Å². The summed E-state index contributed by atoms with van der Waals surface area (Å²) in [5.74, 6) is 0.282. The maximum Gasteiger partial charge on any atom is 0.331 e. The lowest BCUT2D eigenvalue weighted by atomic mass is 10.2. The molecule has 0 radical (unpaired) electrons. The number of ether oxygens (including phenoxy) is 2. The van der Waals surface area contributed by atoms with E-state index in [1.807, 2.05) is 24.3 Å². The topological polar surface area (TPSA) is 105 Å². The predicted molar refractivity (Wildman–Crippen MR) is 102 cm³/mol. The molecule has 0 unspecified atom stereocenters. The van der Waals surface area contributed by atoms with Crippen LogP contribution in [0.3, 0.4) is 0 Å². The number of thioether (sulfide) groups is 1. The van der Waals surface area contributed by atoms with Crippen molar-refractivity contribution in [3.8, 4) is 5.75 Å². The van der Waals surface area contributed by atoms with E-state index < -0.39 is 5.97 Å². The van der Waals surface area contributed by atoms with Gasteiger partial charge in [-0.1, -0.05) is 12.1 Å². The van der Waals surface area contributed by atoms with Crippen molar-refractivity contribution >= 4 is 34.8 Å². The average Bonchev–Trinajstić information content (AvgIpc) is 3.02. The summed E-state index contributed by atoms with van der Waals surface area (Å²) >= 11 is 1.07. The number of methoxy groups -OCH3 is 2. The zero-order chi connectivity index (χ0) is 19.2. The number of guanidine groups is 1. The molecule has 0 saturated carbocycles. The smallest absolute Gasteiger partial charge is 0.331 e. The molecule has 1 saturated heterocycles. The molecular weight excluding hydrogens is 370 g/mol. The minimum absolute atomic E-state index is 0.234. The van der Waals surface area contributed by atoms with Crippen molar-refractivity contribution < 1.29 is 19.1 Å². The molecule has 1 fully saturated rings. The molecule has 142 valence electrons. The molecule has 0 aromatic heterocycles. The van der Waals surface area contributed by atoms with Gasteiger partial charge in [-0.15, -0.1) is 0 Å². The van der Waals surface area contributed by atoms with Gasteiger partial charge in [0.15, 0.2) is 5.17 Å². The van der Waals surface area contributed by atoms with Gasteiger partial charge < -0.3 is 20.1 Å². The van der Waals surface area contributed by atoms with E-state index >= 15 is 0 Å². The van der Waals surface area contributed by atoms with E-state index in [1.54, 1.807) is 7.11 Å². The molecule has 27 heavy (non-hydrogen) atoms. The summed E-state index contributed by atoms with van der Waals surface area (Å²) in [6.07, 6.45) is 1.13. The van der Waals surface area contributed by atoms with Crippen LogP contribution >= 0.6 is 11.8 Å². The van der Waals surface area contributed by atoms with E-state index in [0.717, 1.165) is 35.7 Å². The molecule has 10 heteroatoms. The minimum Gasteiger partial charge on any atom is -0.497 e. The van der Waals surface area contributed by atoms with Crippen molar-refractivity contribution in [1.29, 1.82) is 0 Å². The van der Waals surface area contributed by atoms with Crippen LogP contribution in [0.2, 0.25) is 0 Å². The van der Waals surface area contributed by atoms with Crippen molar-refractivity contribution in [3.05, 3.63) is 40.8 Å². The number of esters is 1. The highest BCUT2D eigenvalue weighted by Crippen LogP contribution is 2.23. The molecule has 2 heterocycles. The Bertz CT molecular complexity index is 819. The molecule has 1 amide bonds. The molecule has 0 spiro atoms. The van der Waals surface area contributed by atoms with Crippen LogP contribution in [0, 0.1) is 0 Å². The Morgan fingerprint density at radius 2 is 2.15 bits per heavy atom. The summed E-state index contributed by atoms with van der Waals surface area (Å²) in [6, 6.07) is 7.87. The lowest BCUT2D eigenvalue weighted by Crippen LogP contribution is -2.42. The second kappa shape index (κ2) is 8.69. The van der Waals surface area contributed by atoms with E-state index in [0.29, 0.717) is 24.5 Å². The van der Waals surface area contributed by atoms with Crippen LogP contribution in [0.25, 0.3) is 0 Å². The van der Waals surface area contributed by atoms with Gasteiger partial charge in [0.2, 0.25) is 5.96 Å². The summed E-state index contributed by atoms with van der Waals surface area (Å²) in [5.41, 5.74) is 1.15. The fourth-order valence-electron chi connectivity index (χ4n) is 2.37. The van der Waals surface area contributed by atoms with E-state index in [4.69, 9.17) is 4.74 Å². The number of amidine groups is 1. The van der Waals surface area contributed by atoms with Crippen molar-refractivity contribution in [2.75, 3.05) is 27.6 Å².